The summed E-state index contributed by atoms with van der Waals surface area (Å²) in [6.07, 6.45) is 12.8. The van der Waals surface area contributed by atoms with Crippen LogP contribution in [0.3, 0.4) is 0 Å². The summed E-state index contributed by atoms with van der Waals surface area (Å²) >= 11 is 3.21. The number of anilines is 1. The van der Waals surface area contributed by atoms with Gasteiger partial charge >= 0.3 is 5.97 Å². The first kappa shape index (κ1) is 31.8. The van der Waals surface area contributed by atoms with Crippen LogP contribution in [0.2, 0.25) is 0 Å². The topological polar surface area (TPSA) is 87.8 Å². The molecule has 2 aliphatic carbocycles. The fourth-order valence-corrected chi connectivity index (χ4v) is 7.97. The van der Waals surface area contributed by atoms with Gasteiger partial charge in [0, 0.05) is 17.0 Å². The van der Waals surface area contributed by atoms with E-state index in [1.165, 1.54) is 16.7 Å². The highest BCUT2D eigenvalue weighted by Gasteiger charge is 2.28. The molecule has 1 aromatic heterocycles. The second-order valence-electron chi connectivity index (χ2n) is 11.2. The van der Waals surface area contributed by atoms with Gasteiger partial charge in [-0.05, 0) is 92.7 Å². The lowest BCUT2D eigenvalue weighted by Crippen LogP contribution is -2.39. The number of para-hydroxylation sites is 2. The lowest BCUT2D eigenvalue weighted by molar-refractivity contribution is -0.657. The number of carbonyl (C=O) groups is 2. The standard InChI is InChI=1S/C30H26N2O4S2.C5H13N/c33-29(34)17-31-23-5-1-3-7-25(23)37-27(31)15-19-9-11-21-12-10-20(14-22(21)13-19)16-28-32(18-30(35)36)24-6-2-4-8-26(24)38-28;1-4-6(3)5-2/h1-8,13-16,21H,9-12,17-18H2,(H-,33,34,35,36);4-5H2,1-3H3. The highest BCUT2D eigenvalue weighted by atomic mass is 32.2. The minimum atomic E-state index is -1.10. The summed E-state index contributed by atoms with van der Waals surface area (Å²) in [7, 11) is 2.11. The van der Waals surface area contributed by atoms with E-state index in [4.69, 9.17) is 0 Å². The molecule has 0 amide bonds. The van der Waals surface area contributed by atoms with Crippen LogP contribution in [0.4, 0.5) is 5.69 Å². The summed E-state index contributed by atoms with van der Waals surface area (Å²) in [4.78, 5) is 28.2. The van der Waals surface area contributed by atoms with Gasteiger partial charge in [-0.2, -0.15) is 4.57 Å². The normalized spacial score (nSPS) is 19.4. The SMILES string of the molecule is CCN(C)CC.O=C([O-])CN1C(=CC2=CC3=CC(=Cc4sc5ccccc5[n+]4CC(=O)O)CCC3CC2)Sc2ccccc21. The van der Waals surface area contributed by atoms with Gasteiger partial charge in [-0.25, -0.2) is 4.79 Å². The molecule has 7 nitrogen and oxygen atoms in total. The number of carbonyl (C=O) groups excluding carboxylic acids is 1. The molecule has 0 radical (unpaired) electrons. The molecule has 44 heavy (non-hydrogen) atoms. The number of thiazole rings is 1. The van der Waals surface area contributed by atoms with Gasteiger partial charge in [0.1, 0.15) is 4.70 Å². The highest BCUT2D eigenvalue weighted by molar-refractivity contribution is 8.03. The van der Waals surface area contributed by atoms with E-state index < -0.39 is 11.9 Å². The fourth-order valence-electron chi connectivity index (χ4n) is 5.69. The smallest absolute Gasteiger partial charge is 0.370 e. The second-order valence-corrected chi connectivity index (χ2v) is 13.4. The summed E-state index contributed by atoms with van der Waals surface area (Å²) in [5.74, 6) is -1.44. The van der Waals surface area contributed by atoms with Crippen LogP contribution in [-0.4, -0.2) is 48.6 Å². The molecule has 3 aliphatic rings. The fraction of sp³-hybridized carbons (Fsp3) is 0.343. The van der Waals surface area contributed by atoms with Crippen molar-refractivity contribution in [3.63, 3.8) is 0 Å². The highest BCUT2D eigenvalue weighted by Crippen LogP contribution is 2.47. The molecule has 0 bridgehead atoms. The van der Waals surface area contributed by atoms with Crippen molar-refractivity contribution in [3.8, 4) is 0 Å². The third-order valence-electron chi connectivity index (χ3n) is 8.29. The molecule has 0 saturated heterocycles. The van der Waals surface area contributed by atoms with Crippen molar-refractivity contribution >= 4 is 57.0 Å². The number of nitrogens with zero attached hydrogens (tertiary/aromatic N) is 3. The third-order valence-corrected chi connectivity index (χ3v) is 10.5. The molecule has 9 heteroatoms. The maximum atomic E-state index is 11.6. The Hall–Kier alpha value is -3.66. The Morgan fingerprint density at radius 2 is 1.77 bits per heavy atom. The summed E-state index contributed by atoms with van der Waals surface area (Å²) in [5, 5.41) is 22.8. The van der Waals surface area contributed by atoms with Crippen LogP contribution >= 0.6 is 23.1 Å². The molecule has 0 saturated carbocycles. The predicted octanol–water partition coefficient (Wildman–Crippen LogP) is 5.88. The minimum Gasteiger partial charge on any atom is -0.548 e. The molecule has 2 aromatic carbocycles. The summed E-state index contributed by atoms with van der Waals surface area (Å²) < 4.78 is 2.96. The predicted molar refractivity (Wildman–Crippen MR) is 177 cm³/mol. The number of benzene rings is 2. The average Bonchev–Trinajstić information content (AvgIpc) is 3.53. The first-order valence-corrected chi connectivity index (χ1v) is 16.8. The van der Waals surface area contributed by atoms with Crippen molar-refractivity contribution in [2.24, 2.45) is 5.92 Å². The molecular formula is C35H39N3O4S2. The van der Waals surface area contributed by atoms with E-state index in [0.717, 1.165) is 69.6 Å². The van der Waals surface area contributed by atoms with Gasteiger partial charge in [-0.3, -0.25) is 0 Å². The zero-order valence-corrected chi connectivity index (χ0v) is 27.1. The maximum Gasteiger partial charge on any atom is 0.370 e. The van der Waals surface area contributed by atoms with E-state index in [-0.39, 0.29) is 13.1 Å². The first-order valence-electron chi connectivity index (χ1n) is 15.2. The van der Waals surface area contributed by atoms with Crippen molar-refractivity contribution in [2.75, 3.05) is 31.6 Å². The number of allylic oxidation sites excluding steroid dienone is 6. The molecule has 1 N–H and O–H groups in total. The van der Waals surface area contributed by atoms with Crippen molar-refractivity contribution < 1.29 is 24.4 Å². The Morgan fingerprint density at radius 1 is 1.05 bits per heavy atom. The summed E-state index contributed by atoms with van der Waals surface area (Å²) in [6.45, 7) is 6.40. The summed E-state index contributed by atoms with van der Waals surface area (Å²) in [6, 6.07) is 15.8. The first-order chi connectivity index (χ1) is 21.2. The van der Waals surface area contributed by atoms with Crippen molar-refractivity contribution in [1.82, 2.24) is 4.90 Å². The van der Waals surface area contributed by atoms with E-state index in [1.807, 2.05) is 58.0 Å². The average molecular weight is 630 g/mol. The lowest BCUT2D eigenvalue weighted by atomic mass is 9.77. The second kappa shape index (κ2) is 14.4. The Balaban J connectivity index is 0.000000584. The monoisotopic (exact) mass is 629 g/mol. The molecule has 1 unspecified atom stereocenters. The van der Waals surface area contributed by atoms with Gasteiger partial charge in [0.2, 0.25) is 12.1 Å². The van der Waals surface area contributed by atoms with Gasteiger partial charge in [-0.1, -0.05) is 73.4 Å². The number of aliphatic carboxylic acids is 2. The van der Waals surface area contributed by atoms with Crippen LogP contribution < -0.4 is 14.6 Å². The molecule has 1 atom stereocenters. The molecule has 3 aromatic rings. The van der Waals surface area contributed by atoms with E-state index in [1.54, 1.807) is 23.1 Å². The maximum absolute atomic E-state index is 11.6. The van der Waals surface area contributed by atoms with E-state index >= 15 is 0 Å². The van der Waals surface area contributed by atoms with E-state index in [2.05, 4.69) is 50.1 Å². The number of hydrogen-bond donors (Lipinski definition) is 1. The number of carboxylic acid groups (broad SMARTS) is 2. The van der Waals surface area contributed by atoms with E-state index in [9.17, 15) is 19.8 Å². The Labute approximate surface area is 267 Å². The zero-order chi connectivity index (χ0) is 31.2. The van der Waals surface area contributed by atoms with Crippen LogP contribution in [0.25, 0.3) is 16.3 Å². The van der Waals surface area contributed by atoms with E-state index in [0.29, 0.717) is 5.92 Å². The van der Waals surface area contributed by atoms with Gasteiger partial charge in [0.25, 0.3) is 5.01 Å². The van der Waals surface area contributed by atoms with Crippen LogP contribution in [0, 0.1) is 5.92 Å². The van der Waals surface area contributed by atoms with Crippen LogP contribution in [-0.2, 0) is 16.1 Å². The molecule has 0 spiro atoms. The Kier molecular flexibility index (Phi) is 10.4. The molecule has 0 fully saturated rings. The Bertz CT molecular complexity index is 1670. The number of hydrogen-bond acceptors (Lipinski definition) is 7. The van der Waals surface area contributed by atoms with Crippen molar-refractivity contribution in [3.05, 3.63) is 93.5 Å². The molecule has 6 rings (SSSR count). The van der Waals surface area contributed by atoms with Crippen LogP contribution in [0.15, 0.2) is 93.4 Å². The summed E-state index contributed by atoms with van der Waals surface area (Å²) in [5.41, 5.74) is 5.53. The zero-order valence-electron chi connectivity index (χ0n) is 25.5. The number of thioether (sulfide) groups is 1. The lowest BCUT2D eigenvalue weighted by Gasteiger charge is -2.28. The number of carboxylic acids is 2. The molecule has 2 heterocycles. The van der Waals surface area contributed by atoms with Gasteiger partial charge in [0.15, 0.2) is 0 Å². The Morgan fingerprint density at radius 3 is 2.50 bits per heavy atom. The molecular weight excluding hydrogens is 591 g/mol. The number of rotatable bonds is 8. The van der Waals surface area contributed by atoms with Crippen molar-refractivity contribution in [1.29, 1.82) is 0 Å². The van der Waals surface area contributed by atoms with Crippen LogP contribution in [0.1, 0.15) is 44.5 Å². The van der Waals surface area contributed by atoms with Gasteiger partial charge in [-0.15, -0.1) is 0 Å². The quantitative estimate of drug-likeness (QED) is 0.312. The largest absolute Gasteiger partial charge is 0.548 e. The van der Waals surface area contributed by atoms with Crippen LogP contribution in [0.5, 0.6) is 0 Å². The van der Waals surface area contributed by atoms with Crippen molar-refractivity contribution in [2.45, 2.75) is 51.0 Å². The van der Waals surface area contributed by atoms with Gasteiger partial charge in [0.05, 0.1) is 23.2 Å². The molecule has 1 aliphatic heterocycles. The number of aromatic nitrogens is 1. The number of fused-ring (bicyclic) bond motifs is 3. The minimum absolute atomic E-state index is 0.0671. The molecule has 230 valence electrons. The van der Waals surface area contributed by atoms with Gasteiger partial charge < -0.3 is 24.8 Å². The third kappa shape index (κ3) is 7.52.